The number of fused-ring (bicyclic) bond motifs is 1. The normalized spacial score (nSPS) is 20.2. The van der Waals surface area contributed by atoms with E-state index in [4.69, 9.17) is 15.8 Å². The summed E-state index contributed by atoms with van der Waals surface area (Å²) in [5.41, 5.74) is 8.17. The Morgan fingerprint density at radius 1 is 1.30 bits per heavy atom. The lowest BCUT2D eigenvalue weighted by Crippen LogP contribution is -2.54. The summed E-state index contributed by atoms with van der Waals surface area (Å²) < 4.78 is 1.88. The van der Waals surface area contributed by atoms with Crippen molar-refractivity contribution in [3.63, 3.8) is 0 Å². The molecule has 4 rings (SSSR count). The molecule has 0 unspecified atom stereocenters. The zero-order valence-corrected chi connectivity index (χ0v) is 17.6. The van der Waals surface area contributed by atoms with Crippen LogP contribution in [0.25, 0.3) is 5.52 Å². The number of nitrogens with one attached hydrogen (secondary N) is 2. The lowest BCUT2D eigenvalue weighted by Gasteiger charge is -2.37. The molecular weight excluding hydrogens is 380 g/mol. The number of nitrogens with two attached hydrogens (primary N) is 1. The van der Waals surface area contributed by atoms with Gasteiger partial charge in [0.05, 0.1) is 6.04 Å². The van der Waals surface area contributed by atoms with Gasteiger partial charge in [0.1, 0.15) is 35.1 Å². The molecule has 3 atom stereocenters. The molecular formula is C20H26N10. The second-order valence-electron chi connectivity index (χ2n) is 7.92. The molecule has 4 heterocycles. The number of hydrogen-bond donors (Lipinski definition) is 3. The lowest BCUT2D eigenvalue weighted by atomic mass is 10.1. The summed E-state index contributed by atoms with van der Waals surface area (Å²) in [5.74, 6) is 2.03. The van der Waals surface area contributed by atoms with Gasteiger partial charge in [0, 0.05) is 31.4 Å². The molecule has 0 amide bonds. The fourth-order valence-electron chi connectivity index (χ4n) is 3.97. The predicted octanol–water partition coefficient (Wildman–Crippen LogP) is 1.64. The standard InChI is InChI=1S/C20H26N10/c1-11-5-6-30-16(11)20(29-8-12(2)25-13(3)9-29)27-18(28-30)14(4)26-19-15(7-21)17(22)23-10-24-19/h5-6,10,12-14,25H,8-9H2,1-4H3,(H3,22,23,24,26)/t12-,13+,14-/m0/s1. The topological polar surface area (TPSA) is 133 Å². The first kappa shape index (κ1) is 19.8. The summed E-state index contributed by atoms with van der Waals surface area (Å²) in [5, 5.41) is 20.9. The van der Waals surface area contributed by atoms with E-state index < -0.39 is 0 Å². The summed E-state index contributed by atoms with van der Waals surface area (Å²) in [6, 6.07) is 4.52. The van der Waals surface area contributed by atoms with E-state index >= 15 is 0 Å². The van der Waals surface area contributed by atoms with Gasteiger partial charge in [-0.2, -0.15) is 10.4 Å². The number of rotatable bonds is 4. The molecule has 10 heteroatoms. The molecule has 3 aromatic heterocycles. The molecule has 156 valence electrons. The summed E-state index contributed by atoms with van der Waals surface area (Å²) in [7, 11) is 0. The Balaban J connectivity index is 1.74. The molecule has 0 aliphatic carbocycles. The van der Waals surface area contributed by atoms with Gasteiger partial charge in [0.25, 0.3) is 0 Å². The van der Waals surface area contributed by atoms with Gasteiger partial charge in [-0.25, -0.2) is 19.5 Å². The molecule has 1 aliphatic heterocycles. The van der Waals surface area contributed by atoms with E-state index in [0.717, 1.165) is 30.0 Å². The molecule has 0 aromatic carbocycles. The second-order valence-corrected chi connectivity index (χ2v) is 7.92. The summed E-state index contributed by atoms with van der Waals surface area (Å²) in [4.78, 5) is 15.3. The number of piperazine rings is 1. The molecule has 0 saturated carbocycles. The van der Waals surface area contributed by atoms with Crippen LogP contribution in [0.1, 0.15) is 43.8 Å². The van der Waals surface area contributed by atoms with Gasteiger partial charge in [-0.3, -0.25) is 0 Å². The van der Waals surface area contributed by atoms with Crippen LogP contribution in [0, 0.1) is 18.3 Å². The third-order valence-electron chi connectivity index (χ3n) is 5.30. The van der Waals surface area contributed by atoms with Gasteiger partial charge in [-0.1, -0.05) is 0 Å². The first-order valence-corrected chi connectivity index (χ1v) is 10.0. The number of aryl methyl sites for hydroxylation is 1. The minimum atomic E-state index is -0.296. The Morgan fingerprint density at radius 3 is 2.73 bits per heavy atom. The molecule has 3 aromatic rings. The minimum Gasteiger partial charge on any atom is -0.382 e. The van der Waals surface area contributed by atoms with Crippen LogP contribution >= 0.6 is 0 Å². The van der Waals surface area contributed by atoms with Crippen molar-refractivity contribution in [2.24, 2.45) is 0 Å². The molecule has 30 heavy (non-hydrogen) atoms. The van der Waals surface area contributed by atoms with Crippen LogP contribution < -0.4 is 21.3 Å². The molecule has 1 fully saturated rings. The van der Waals surface area contributed by atoms with Crippen molar-refractivity contribution >= 4 is 23.0 Å². The van der Waals surface area contributed by atoms with Crippen LogP contribution in [0.2, 0.25) is 0 Å². The van der Waals surface area contributed by atoms with Crippen molar-refractivity contribution in [3.05, 3.63) is 35.5 Å². The fraction of sp³-hybridized carbons (Fsp3) is 0.450. The zero-order valence-electron chi connectivity index (χ0n) is 17.6. The lowest BCUT2D eigenvalue weighted by molar-refractivity contribution is 0.405. The molecule has 10 nitrogen and oxygen atoms in total. The largest absolute Gasteiger partial charge is 0.382 e. The van der Waals surface area contributed by atoms with Crippen LogP contribution in [0.15, 0.2) is 18.6 Å². The van der Waals surface area contributed by atoms with Crippen LogP contribution in [0.4, 0.5) is 17.5 Å². The smallest absolute Gasteiger partial charge is 0.173 e. The predicted molar refractivity (Wildman–Crippen MR) is 115 cm³/mol. The zero-order chi connectivity index (χ0) is 21.4. The maximum atomic E-state index is 9.39. The Hall–Kier alpha value is -3.45. The average molecular weight is 406 g/mol. The highest BCUT2D eigenvalue weighted by Gasteiger charge is 2.26. The monoisotopic (exact) mass is 406 g/mol. The quantitative estimate of drug-likeness (QED) is 0.591. The third kappa shape index (κ3) is 3.59. The maximum Gasteiger partial charge on any atom is 0.173 e. The first-order valence-electron chi connectivity index (χ1n) is 10.0. The van der Waals surface area contributed by atoms with E-state index in [1.54, 1.807) is 0 Å². The van der Waals surface area contributed by atoms with Crippen LogP contribution in [0.3, 0.4) is 0 Å². The van der Waals surface area contributed by atoms with E-state index in [1.807, 2.05) is 23.7 Å². The Bertz CT molecular complexity index is 1100. The van der Waals surface area contributed by atoms with Gasteiger partial charge >= 0.3 is 0 Å². The second kappa shape index (κ2) is 7.76. The number of aromatic nitrogens is 5. The van der Waals surface area contributed by atoms with Crippen molar-refractivity contribution in [1.29, 1.82) is 5.26 Å². The molecule has 0 spiro atoms. The van der Waals surface area contributed by atoms with E-state index in [9.17, 15) is 5.26 Å². The molecule has 1 saturated heterocycles. The Morgan fingerprint density at radius 2 is 2.03 bits per heavy atom. The van der Waals surface area contributed by atoms with Gasteiger partial charge in [0.15, 0.2) is 11.6 Å². The van der Waals surface area contributed by atoms with E-state index in [2.05, 4.69) is 52.3 Å². The Kier molecular flexibility index (Phi) is 5.13. The fourth-order valence-corrected chi connectivity index (χ4v) is 3.97. The molecule has 1 aliphatic rings. The summed E-state index contributed by atoms with van der Waals surface area (Å²) in [6.45, 7) is 10.1. The van der Waals surface area contributed by atoms with E-state index in [-0.39, 0.29) is 17.4 Å². The minimum absolute atomic E-state index is 0.143. The molecule has 4 N–H and O–H groups in total. The SMILES string of the molecule is Cc1ccn2nc([C@H](C)Nc3ncnc(N)c3C#N)nc(N3C[C@@H](C)N[C@@H](C)C3)c12. The van der Waals surface area contributed by atoms with Crippen molar-refractivity contribution in [2.75, 3.05) is 29.0 Å². The summed E-state index contributed by atoms with van der Waals surface area (Å²) in [6.07, 6.45) is 3.28. The van der Waals surface area contributed by atoms with Crippen LogP contribution in [-0.2, 0) is 0 Å². The van der Waals surface area contributed by atoms with Crippen molar-refractivity contribution in [2.45, 2.75) is 45.8 Å². The van der Waals surface area contributed by atoms with Crippen LogP contribution in [-0.4, -0.2) is 49.7 Å². The highest BCUT2D eigenvalue weighted by atomic mass is 15.3. The number of nitriles is 1. The highest BCUT2D eigenvalue weighted by Crippen LogP contribution is 2.27. The number of hydrogen-bond acceptors (Lipinski definition) is 9. The molecule has 0 radical (unpaired) electrons. The highest BCUT2D eigenvalue weighted by molar-refractivity contribution is 5.73. The van der Waals surface area contributed by atoms with Crippen molar-refractivity contribution < 1.29 is 0 Å². The maximum absolute atomic E-state index is 9.39. The van der Waals surface area contributed by atoms with Gasteiger partial charge in [-0.05, 0) is 39.3 Å². The number of anilines is 3. The number of nitrogens with zero attached hydrogens (tertiary/aromatic N) is 7. The average Bonchev–Trinajstić information content (AvgIpc) is 3.07. The first-order chi connectivity index (χ1) is 14.4. The van der Waals surface area contributed by atoms with Gasteiger partial charge in [-0.15, -0.1) is 0 Å². The van der Waals surface area contributed by atoms with Gasteiger partial charge < -0.3 is 21.3 Å². The van der Waals surface area contributed by atoms with Gasteiger partial charge in [0.2, 0.25) is 0 Å². The molecule has 0 bridgehead atoms. The van der Waals surface area contributed by atoms with Crippen molar-refractivity contribution in [1.82, 2.24) is 29.9 Å². The van der Waals surface area contributed by atoms with E-state index in [1.165, 1.54) is 6.33 Å². The third-order valence-corrected chi connectivity index (χ3v) is 5.30. The number of nitrogen functional groups attached to an aromatic ring is 1. The summed E-state index contributed by atoms with van der Waals surface area (Å²) >= 11 is 0. The van der Waals surface area contributed by atoms with Crippen LogP contribution in [0.5, 0.6) is 0 Å². The Labute approximate surface area is 175 Å². The van der Waals surface area contributed by atoms with Crippen molar-refractivity contribution in [3.8, 4) is 6.07 Å². The van der Waals surface area contributed by atoms with E-state index in [0.29, 0.717) is 23.7 Å².